The van der Waals surface area contributed by atoms with Crippen molar-refractivity contribution in [1.82, 2.24) is 14.7 Å². The smallest absolute Gasteiger partial charge is 0.339 e. The van der Waals surface area contributed by atoms with E-state index in [1.165, 1.54) is 4.68 Å². The Bertz CT molecular complexity index is 515. The number of nitrogens with zero attached hydrogens (tertiary/aromatic N) is 3. The fourth-order valence-corrected chi connectivity index (χ4v) is 2.66. The molecular formula is C13H19N3O3. The highest BCUT2D eigenvalue weighted by atomic mass is 16.4. The largest absolute Gasteiger partial charge is 0.478 e. The Morgan fingerprint density at radius 2 is 1.84 bits per heavy atom. The van der Waals surface area contributed by atoms with Crippen molar-refractivity contribution in [2.24, 2.45) is 0 Å². The first-order chi connectivity index (χ1) is 8.93. The number of carboxylic acids is 1. The molecule has 1 saturated heterocycles. The summed E-state index contributed by atoms with van der Waals surface area (Å²) in [6, 6.07) is -0.454. The van der Waals surface area contributed by atoms with E-state index in [0.29, 0.717) is 11.4 Å². The average molecular weight is 265 g/mol. The lowest BCUT2D eigenvalue weighted by atomic mass is 10.2. The quantitative estimate of drug-likeness (QED) is 0.896. The summed E-state index contributed by atoms with van der Waals surface area (Å²) >= 11 is 0. The number of rotatable bonds is 3. The molecule has 6 nitrogen and oxygen atoms in total. The molecule has 2 heterocycles. The zero-order valence-electron chi connectivity index (χ0n) is 11.5. The van der Waals surface area contributed by atoms with Gasteiger partial charge in [-0.2, -0.15) is 5.10 Å². The second kappa shape index (κ2) is 5.03. The summed E-state index contributed by atoms with van der Waals surface area (Å²) in [7, 11) is 0. The number of hydrogen-bond donors (Lipinski definition) is 1. The lowest BCUT2D eigenvalue weighted by Gasteiger charge is -2.21. The van der Waals surface area contributed by atoms with Crippen LogP contribution in [-0.2, 0) is 4.79 Å². The predicted molar refractivity (Wildman–Crippen MR) is 69.2 cm³/mol. The van der Waals surface area contributed by atoms with Crippen molar-refractivity contribution >= 4 is 11.9 Å². The van der Waals surface area contributed by atoms with Crippen LogP contribution in [-0.4, -0.2) is 44.8 Å². The highest BCUT2D eigenvalue weighted by Gasteiger charge is 2.28. The Kier molecular flexibility index (Phi) is 3.59. The fraction of sp³-hybridized carbons (Fsp3) is 0.615. The second-order valence-corrected chi connectivity index (χ2v) is 5.00. The Morgan fingerprint density at radius 1 is 1.26 bits per heavy atom. The van der Waals surface area contributed by atoms with Crippen molar-refractivity contribution in [2.45, 2.75) is 39.7 Å². The molecule has 1 aromatic rings. The number of aromatic carboxylic acids is 1. The molecule has 1 N–H and O–H groups in total. The molecule has 19 heavy (non-hydrogen) atoms. The second-order valence-electron chi connectivity index (χ2n) is 5.00. The zero-order valence-corrected chi connectivity index (χ0v) is 11.5. The first-order valence-corrected chi connectivity index (χ1v) is 6.51. The van der Waals surface area contributed by atoms with E-state index >= 15 is 0 Å². The Balaban J connectivity index is 2.28. The summed E-state index contributed by atoms with van der Waals surface area (Å²) in [5.74, 6) is -0.984. The Hall–Kier alpha value is -1.85. The van der Waals surface area contributed by atoms with Gasteiger partial charge in [0.1, 0.15) is 11.6 Å². The molecule has 1 amide bonds. The minimum absolute atomic E-state index is 0.0139. The number of likely N-dealkylation sites (tertiary alicyclic amines) is 1. The highest BCUT2D eigenvalue weighted by molar-refractivity contribution is 5.90. The molecule has 0 bridgehead atoms. The summed E-state index contributed by atoms with van der Waals surface area (Å²) in [5, 5.41) is 13.4. The van der Waals surface area contributed by atoms with Gasteiger partial charge in [-0.05, 0) is 33.6 Å². The first-order valence-electron chi connectivity index (χ1n) is 6.51. The van der Waals surface area contributed by atoms with Gasteiger partial charge < -0.3 is 10.0 Å². The van der Waals surface area contributed by atoms with Gasteiger partial charge in [0.05, 0.1) is 11.4 Å². The molecule has 1 atom stereocenters. The number of carbonyl (C=O) groups is 2. The molecule has 1 aliphatic rings. The summed E-state index contributed by atoms with van der Waals surface area (Å²) in [6.45, 7) is 6.69. The van der Waals surface area contributed by atoms with Crippen molar-refractivity contribution < 1.29 is 14.7 Å². The van der Waals surface area contributed by atoms with Crippen LogP contribution in [0.25, 0.3) is 0 Å². The van der Waals surface area contributed by atoms with Gasteiger partial charge in [0.15, 0.2) is 0 Å². The van der Waals surface area contributed by atoms with Gasteiger partial charge in [-0.1, -0.05) is 0 Å². The lowest BCUT2D eigenvalue weighted by molar-refractivity contribution is -0.133. The van der Waals surface area contributed by atoms with Crippen LogP contribution in [0.5, 0.6) is 0 Å². The Morgan fingerprint density at radius 3 is 2.32 bits per heavy atom. The standard InChI is InChI=1S/C13H19N3O3/c1-8-11(13(18)19)9(2)16(14-8)10(3)12(17)15-6-4-5-7-15/h10H,4-7H2,1-3H3,(H,18,19). The van der Waals surface area contributed by atoms with Crippen LogP contribution in [0.1, 0.15) is 47.6 Å². The van der Waals surface area contributed by atoms with Gasteiger partial charge in [-0.3, -0.25) is 9.48 Å². The van der Waals surface area contributed by atoms with Gasteiger partial charge in [-0.15, -0.1) is 0 Å². The number of hydrogen-bond acceptors (Lipinski definition) is 3. The van der Waals surface area contributed by atoms with Gasteiger partial charge in [-0.25, -0.2) is 4.79 Å². The van der Waals surface area contributed by atoms with E-state index in [1.54, 1.807) is 20.8 Å². The van der Waals surface area contributed by atoms with Crippen LogP contribution in [0.3, 0.4) is 0 Å². The molecule has 1 fully saturated rings. The maximum absolute atomic E-state index is 12.3. The summed E-state index contributed by atoms with van der Waals surface area (Å²) < 4.78 is 1.53. The molecule has 0 aliphatic carbocycles. The topological polar surface area (TPSA) is 75.4 Å². The zero-order chi connectivity index (χ0) is 14.2. The van der Waals surface area contributed by atoms with Crippen LogP contribution in [0.2, 0.25) is 0 Å². The van der Waals surface area contributed by atoms with E-state index in [-0.39, 0.29) is 11.5 Å². The molecule has 104 valence electrons. The van der Waals surface area contributed by atoms with Crippen molar-refractivity contribution in [3.8, 4) is 0 Å². The van der Waals surface area contributed by atoms with Gasteiger partial charge in [0.2, 0.25) is 5.91 Å². The van der Waals surface area contributed by atoms with Crippen molar-refractivity contribution in [3.63, 3.8) is 0 Å². The molecule has 0 spiro atoms. The van der Waals surface area contributed by atoms with Crippen molar-refractivity contribution in [3.05, 3.63) is 17.0 Å². The maximum atomic E-state index is 12.3. The molecule has 1 aromatic heterocycles. The normalized spacial score (nSPS) is 16.7. The van der Waals surface area contributed by atoms with Crippen LogP contribution >= 0.6 is 0 Å². The lowest BCUT2D eigenvalue weighted by Crippen LogP contribution is -2.34. The Labute approximate surface area is 112 Å². The van der Waals surface area contributed by atoms with E-state index in [2.05, 4.69) is 5.10 Å². The van der Waals surface area contributed by atoms with E-state index < -0.39 is 12.0 Å². The van der Waals surface area contributed by atoms with E-state index in [4.69, 9.17) is 5.11 Å². The first kappa shape index (κ1) is 13.6. The van der Waals surface area contributed by atoms with Crippen LogP contribution in [0, 0.1) is 13.8 Å². The number of carbonyl (C=O) groups excluding carboxylic acids is 1. The third kappa shape index (κ3) is 2.34. The molecule has 2 rings (SSSR count). The minimum atomic E-state index is -0.998. The molecule has 1 aliphatic heterocycles. The van der Waals surface area contributed by atoms with Crippen LogP contribution < -0.4 is 0 Å². The molecule has 0 saturated carbocycles. The minimum Gasteiger partial charge on any atom is -0.478 e. The van der Waals surface area contributed by atoms with Gasteiger partial charge >= 0.3 is 5.97 Å². The van der Waals surface area contributed by atoms with E-state index in [1.807, 2.05) is 4.90 Å². The summed E-state index contributed by atoms with van der Waals surface area (Å²) in [4.78, 5) is 25.3. The van der Waals surface area contributed by atoms with Crippen molar-refractivity contribution in [1.29, 1.82) is 0 Å². The van der Waals surface area contributed by atoms with Crippen molar-refractivity contribution in [2.75, 3.05) is 13.1 Å². The SMILES string of the molecule is Cc1nn(C(C)C(=O)N2CCCC2)c(C)c1C(=O)O. The van der Waals surface area contributed by atoms with Crippen LogP contribution in [0.4, 0.5) is 0 Å². The van der Waals surface area contributed by atoms with Crippen LogP contribution in [0.15, 0.2) is 0 Å². The summed E-state index contributed by atoms with van der Waals surface area (Å²) in [6.07, 6.45) is 2.08. The number of aromatic nitrogens is 2. The number of carboxylic acid groups (broad SMARTS) is 1. The molecule has 1 unspecified atom stereocenters. The number of amides is 1. The third-order valence-corrected chi connectivity index (χ3v) is 3.68. The molecule has 0 aromatic carbocycles. The predicted octanol–water partition coefficient (Wildman–Crippen LogP) is 1.38. The third-order valence-electron chi connectivity index (χ3n) is 3.68. The highest BCUT2D eigenvalue weighted by Crippen LogP contribution is 2.20. The molecular weight excluding hydrogens is 246 g/mol. The van der Waals surface area contributed by atoms with E-state index in [0.717, 1.165) is 25.9 Å². The van der Waals surface area contributed by atoms with E-state index in [9.17, 15) is 9.59 Å². The van der Waals surface area contributed by atoms with Gasteiger partial charge in [0.25, 0.3) is 0 Å². The van der Waals surface area contributed by atoms with Gasteiger partial charge in [0, 0.05) is 13.1 Å². The fourth-order valence-electron chi connectivity index (χ4n) is 2.66. The maximum Gasteiger partial charge on any atom is 0.339 e. The molecule has 0 radical (unpaired) electrons. The number of aryl methyl sites for hydroxylation is 1. The monoisotopic (exact) mass is 265 g/mol. The summed E-state index contributed by atoms with van der Waals surface area (Å²) in [5.41, 5.74) is 1.18. The molecule has 6 heteroatoms. The average Bonchev–Trinajstić information content (AvgIpc) is 2.95.